The predicted molar refractivity (Wildman–Crippen MR) is 81.7 cm³/mol. The first-order valence-corrected chi connectivity index (χ1v) is 7.68. The Morgan fingerprint density at radius 3 is 2.80 bits per heavy atom. The Morgan fingerprint density at radius 2 is 2.25 bits per heavy atom. The van der Waals surface area contributed by atoms with Gasteiger partial charge in [-0.2, -0.15) is 5.10 Å². The second kappa shape index (κ2) is 6.93. The van der Waals surface area contributed by atoms with E-state index in [0.717, 1.165) is 50.3 Å². The molecular formula is C16H27N3O. The summed E-state index contributed by atoms with van der Waals surface area (Å²) < 4.78 is 7.80. The van der Waals surface area contributed by atoms with E-state index in [4.69, 9.17) is 4.74 Å². The molecule has 0 saturated carbocycles. The topological polar surface area (TPSA) is 39.1 Å². The van der Waals surface area contributed by atoms with Gasteiger partial charge in [0, 0.05) is 12.7 Å². The van der Waals surface area contributed by atoms with Crippen LogP contribution in [0.5, 0.6) is 0 Å². The molecule has 1 aromatic rings. The van der Waals surface area contributed by atoms with Crippen LogP contribution in [-0.2, 0) is 18.2 Å². The average molecular weight is 277 g/mol. The van der Waals surface area contributed by atoms with Gasteiger partial charge >= 0.3 is 0 Å². The van der Waals surface area contributed by atoms with E-state index in [1.54, 1.807) is 0 Å². The van der Waals surface area contributed by atoms with Crippen molar-refractivity contribution in [3.63, 3.8) is 0 Å². The number of aromatic nitrogens is 2. The fourth-order valence-electron chi connectivity index (χ4n) is 2.88. The molecule has 0 fully saturated rings. The van der Waals surface area contributed by atoms with Gasteiger partial charge in [-0.05, 0) is 57.7 Å². The standard InChI is InChI=1S/C16H27N3O/c1-5-17-15(16-8-6-7-11-20-16)10-9-14-12(2)18-19(4)13(14)3/h8,15,17H,5-7,9-11H2,1-4H3. The largest absolute Gasteiger partial charge is 0.497 e. The molecule has 112 valence electrons. The third-order valence-corrected chi connectivity index (χ3v) is 4.10. The molecular weight excluding hydrogens is 250 g/mol. The molecule has 1 N–H and O–H groups in total. The van der Waals surface area contributed by atoms with E-state index in [2.05, 4.69) is 37.3 Å². The van der Waals surface area contributed by atoms with Gasteiger partial charge in [0.05, 0.1) is 18.3 Å². The van der Waals surface area contributed by atoms with Crippen molar-refractivity contribution in [1.82, 2.24) is 15.1 Å². The van der Waals surface area contributed by atoms with Crippen molar-refractivity contribution in [2.24, 2.45) is 7.05 Å². The highest BCUT2D eigenvalue weighted by Gasteiger charge is 2.18. The minimum absolute atomic E-state index is 0.333. The minimum Gasteiger partial charge on any atom is -0.497 e. The lowest BCUT2D eigenvalue weighted by Crippen LogP contribution is -2.33. The summed E-state index contributed by atoms with van der Waals surface area (Å²) in [6, 6.07) is 0.333. The van der Waals surface area contributed by atoms with E-state index in [0.29, 0.717) is 6.04 Å². The molecule has 1 aliphatic rings. The van der Waals surface area contributed by atoms with Crippen molar-refractivity contribution in [1.29, 1.82) is 0 Å². The van der Waals surface area contributed by atoms with E-state index in [1.807, 2.05) is 11.7 Å². The minimum atomic E-state index is 0.333. The lowest BCUT2D eigenvalue weighted by Gasteiger charge is -2.24. The van der Waals surface area contributed by atoms with Crippen LogP contribution >= 0.6 is 0 Å². The van der Waals surface area contributed by atoms with Crippen molar-refractivity contribution in [3.8, 4) is 0 Å². The first-order chi connectivity index (χ1) is 9.63. The molecule has 1 atom stereocenters. The van der Waals surface area contributed by atoms with Gasteiger partial charge in [-0.1, -0.05) is 6.92 Å². The van der Waals surface area contributed by atoms with Crippen LogP contribution in [0, 0.1) is 13.8 Å². The molecule has 2 heterocycles. The number of aryl methyl sites for hydroxylation is 2. The lowest BCUT2D eigenvalue weighted by molar-refractivity contribution is 0.165. The summed E-state index contributed by atoms with van der Waals surface area (Å²) >= 11 is 0. The zero-order valence-electron chi connectivity index (χ0n) is 13.2. The van der Waals surface area contributed by atoms with Crippen molar-refractivity contribution >= 4 is 0 Å². The number of nitrogens with one attached hydrogen (secondary N) is 1. The second-order valence-corrected chi connectivity index (χ2v) is 5.52. The molecule has 1 aliphatic heterocycles. The molecule has 0 aliphatic carbocycles. The Balaban J connectivity index is 2.03. The summed E-state index contributed by atoms with van der Waals surface area (Å²) in [4.78, 5) is 0. The van der Waals surface area contributed by atoms with Crippen LogP contribution in [0.3, 0.4) is 0 Å². The van der Waals surface area contributed by atoms with Crippen LogP contribution < -0.4 is 5.32 Å². The predicted octanol–water partition coefficient (Wildman–Crippen LogP) is 2.64. The molecule has 0 radical (unpaired) electrons. The number of hydrogen-bond donors (Lipinski definition) is 1. The quantitative estimate of drug-likeness (QED) is 0.869. The Morgan fingerprint density at radius 1 is 1.45 bits per heavy atom. The molecule has 0 bridgehead atoms. The maximum atomic E-state index is 5.82. The normalized spacial score (nSPS) is 16.7. The van der Waals surface area contributed by atoms with Crippen molar-refractivity contribution in [3.05, 3.63) is 28.8 Å². The SMILES string of the molecule is CCNC(CCc1c(C)nn(C)c1C)C1=CCCCO1. The molecule has 1 aromatic heterocycles. The van der Waals surface area contributed by atoms with Crippen LogP contribution in [0.2, 0.25) is 0 Å². The molecule has 2 rings (SSSR count). The molecule has 0 aromatic carbocycles. The van der Waals surface area contributed by atoms with Crippen LogP contribution in [0.15, 0.2) is 11.8 Å². The highest BCUT2D eigenvalue weighted by molar-refractivity contribution is 5.25. The van der Waals surface area contributed by atoms with Gasteiger partial charge in [0.25, 0.3) is 0 Å². The van der Waals surface area contributed by atoms with E-state index in [-0.39, 0.29) is 0 Å². The van der Waals surface area contributed by atoms with Gasteiger partial charge < -0.3 is 10.1 Å². The third-order valence-electron chi connectivity index (χ3n) is 4.10. The van der Waals surface area contributed by atoms with Gasteiger partial charge in [-0.15, -0.1) is 0 Å². The summed E-state index contributed by atoms with van der Waals surface area (Å²) in [5, 5.41) is 8.05. The second-order valence-electron chi connectivity index (χ2n) is 5.52. The molecule has 4 nitrogen and oxygen atoms in total. The van der Waals surface area contributed by atoms with Crippen molar-refractivity contribution in [2.75, 3.05) is 13.2 Å². The molecule has 0 amide bonds. The molecule has 1 unspecified atom stereocenters. The Bertz CT molecular complexity index is 476. The number of allylic oxidation sites excluding steroid dienone is 1. The van der Waals surface area contributed by atoms with Crippen LogP contribution in [-0.4, -0.2) is 29.0 Å². The van der Waals surface area contributed by atoms with Crippen LogP contribution in [0.25, 0.3) is 0 Å². The molecule has 0 saturated heterocycles. The zero-order valence-corrected chi connectivity index (χ0v) is 13.2. The zero-order chi connectivity index (χ0) is 14.5. The molecule has 0 spiro atoms. The van der Waals surface area contributed by atoms with Gasteiger partial charge in [-0.3, -0.25) is 4.68 Å². The van der Waals surface area contributed by atoms with Gasteiger partial charge in [0.15, 0.2) is 0 Å². The van der Waals surface area contributed by atoms with E-state index < -0.39 is 0 Å². The maximum absolute atomic E-state index is 5.82. The van der Waals surface area contributed by atoms with Crippen LogP contribution in [0.1, 0.15) is 43.1 Å². The number of rotatable bonds is 6. The van der Waals surface area contributed by atoms with Crippen LogP contribution in [0.4, 0.5) is 0 Å². The summed E-state index contributed by atoms with van der Waals surface area (Å²) in [5.41, 5.74) is 3.81. The summed E-state index contributed by atoms with van der Waals surface area (Å²) in [6.07, 6.45) is 6.64. The summed E-state index contributed by atoms with van der Waals surface area (Å²) in [5.74, 6) is 1.14. The van der Waals surface area contributed by atoms with E-state index >= 15 is 0 Å². The first kappa shape index (κ1) is 15.1. The molecule has 4 heteroatoms. The number of ether oxygens (including phenoxy) is 1. The van der Waals surface area contributed by atoms with E-state index in [9.17, 15) is 0 Å². The number of nitrogens with zero attached hydrogens (tertiary/aromatic N) is 2. The lowest BCUT2D eigenvalue weighted by atomic mass is 10.0. The maximum Gasteiger partial charge on any atom is 0.109 e. The van der Waals surface area contributed by atoms with Gasteiger partial charge in [0.1, 0.15) is 5.76 Å². The Labute approximate surface area is 122 Å². The van der Waals surface area contributed by atoms with Gasteiger partial charge in [0.2, 0.25) is 0 Å². The fourth-order valence-corrected chi connectivity index (χ4v) is 2.88. The van der Waals surface area contributed by atoms with E-state index in [1.165, 1.54) is 11.3 Å². The Hall–Kier alpha value is -1.29. The van der Waals surface area contributed by atoms with Crippen molar-refractivity contribution in [2.45, 2.75) is 52.5 Å². The Kier molecular flexibility index (Phi) is 5.24. The highest BCUT2D eigenvalue weighted by Crippen LogP contribution is 2.20. The van der Waals surface area contributed by atoms with Crippen molar-refractivity contribution < 1.29 is 4.74 Å². The monoisotopic (exact) mass is 277 g/mol. The molecule has 20 heavy (non-hydrogen) atoms. The number of likely N-dealkylation sites (N-methyl/N-ethyl adjacent to an activating group) is 1. The summed E-state index contributed by atoms with van der Waals surface area (Å²) in [7, 11) is 2.01. The first-order valence-electron chi connectivity index (χ1n) is 7.68. The average Bonchev–Trinajstić information content (AvgIpc) is 2.70. The highest BCUT2D eigenvalue weighted by atomic mass is 16.5. The number of hydrogen-bond acceptors (Lipinski definition) is 3. The third kappa shape index (κ3) is 3.42. The smallest absolute Gasteiger partial charge is 0.109 e. The fraction of sp³-hybridized carbons (Fsp3) is 0.688. The van der Waals surface area contributed by atoms with Gasteiger partial charge in [-0.25, -0.2) is 0 Å². The summed E-state index contributed by atoms with van der Waals surface area (Å²) in [6.45, 7) is 8.22.